The Morgan fingerprint density at radius 3 is 2.63 bits per heavy atom. The highest BCUT2D eigenvalue weighted by molar-refractivity contribution is 5.73. The third kappa shape index (κ3) is 3.08. The van der Waals surface area contributed by atoms with Crippen molar-refractivity contribution in [3.05, 3.63) is 36.2 Å². The molecule has 3 rings (SSSR count). The fraction of sp³-hybridized carbons (Fsp3) is 0.467. The number of rotatable bonds is 3. The molecule has 1 fully saturated rings. The van der Waals surface area contributed by atoms with Gasteiger partial charge in [0.15, 0.2) is 0 Å². The first-order valence-electron chi connectivity index (χ1n) is 6.93. The Balaban J connectivity index is 1.62. The number of hydrogen-bond acceptors (Lipinski definition) is 4. The second-order valence-corrected chi connectivity index (χ2v) is 5.24. The van der Waals surface area contributed by atoms with E-state index in [-0.39, 0.29) is 6.10 Å². The van der Waals surface area contributed by atoms with Gasteiger partial charge in [0.05, 0.1) is 29.0 Å². The standard InChI is InChI=1S/C15H19N3O/c19-13-7-5-11(6-8-13)16-9-12-10-17-14-3-1-2-4-15(14)18-12/h1-4,10-11,13,16,19H,5-9H2. The van der Waals surface area contributed by atoms with Crippen LogP contribution in [0, 0.1) is 0 Å². The van der Waals surface area contributed by atoms with Crippen molar-refractivity contribution in [3.63, 3.8) is 0 Å². The highest BCUT2D eigenvalue weighted by atomic mass is 16.3. The van der Waals surface area contributed by atoms with Crippen LogP contribution in [0.5, 0.6) is 0 Å². The molecule has 2 N–H and O–H groups in total. The van der Waals surface area contributed by atoms with Gasteiger partial charge in [-0.15, -0.1) is 0 Å². The monoisotopic (exact) mass is 257 g/mol. The first kappa shape index (κ1) is 12.5. The molecule has 100 valence electrons. The Morgan fingerprint density at radius 2 is 1.84 bits per heavy atom. The average molecular weight is 257 g/mol. The molecule has 1 aliphatic rings. The van der Waals surface area contributed by atoms with Crippen LogP contribution < -0.4 is 5.32 Å². The maximum Gasteiger partial charge on any atom is 0.0890 e. The summed E-state index contributed by atoms with van der Waals surface area (Å²) in [6.07, 6.45) is 5.64. The number of fused-ring (bicyclic) bond motifs is 1. The predicted octanol–water partition coefficient (Wildman–Crippen LogP) is 2.02. The van der Waals surface area contributed by atoms with Crippen molar-refractivity contribution in [1.82, 2.24) is 15.3 Å². The SMILES string of the molecule is OC1CCC(NCc2cnc3ccccc3n2)CC1. The van der Waals surface area contributed by atoms with Crippen LogP contribution in [-0.4, -0.2) is 27.2 Å². The van der Waals surface area contributed by atoms with Crippen LogP contribution in [0.2, 0.25) is 0 Å². The minimum atomic E-state index is -0.0986. The second kappa shape index (κ2) is 5.63. The zero-order valence-corrected chi connectivity index (χ0v) is 10.9. The number of aromatic nitrogens is 2. The molecule has 1 saturated carbocycles. The molecule has 0 bridgehead atoms. The zero-order valence-electron chi connectivity index (χ0n) is 10.9. The third-order valence-electron chi connectivity index (χ3n) is 3.77. The summed E-state index contributed by atoms with van der Waals surface area (Å²) in [5, 5.41) is 13.0. The first-order valence-corrected chi connectivity index (χ1v) is 6.93. The Labute approximate surface area is 112 Å². The molecule has 0 aliphatic heterocycles. The van der Waals surface area contributed by atoms with Crippen LogP contribution in [0.3, 0.4) is 0 Å². The molecule has 4 nitrogen and oxygen atoms in total. The van der Waals surface area contributed by atoms with E-state index >= 15 is 0 Å². The van der Waals surface area contributed by atoms with E-state index in [4.69, 9.17) is 0 Å². The largest absolute Gasteiger partial charge is 0.393 e. The van der Waals surface area contributed by atoms with Crippen LogP contribution in [0.15, 0.2) is 30.5 Å². The van der Waals surface area contributed by atoms with Crippen molar-refractivity contribution in [1.29, 1.82) is 0 Å². The molecule has 1 aliphatic carbocycles. The molecule has 0 saturated heterocycles. The van der Waals surface area contributed by atoms with Crippen molar-refractivity contribution >= 4 is 11.0 Å². The summed E-state index contributed by atoms with van der Waals surface area (Å²) >= 11 is 0. The number of benzene rings is 1. The molecule has 0 amide bonds. The van der Waals surface area contributed by atoms with Gasteiger partial charge in [0, 0.05) is 12.6 Å². The number of nitrogens with zero attached hydrogens (tertiary/aromatic N) is 2. The van der Waals surface area contributed by atoms with Crippen molar-refractivity contribution in [2.24, 2.45) is 0 Å². The van der Waals surface area contributed by atoms with Crippen molar-refractivity contribution in [2.75, 3.05) is 0 Å². The number of aliphatic hydroxyl groups excluding tert-OH is 1. The summed E-state index contributed by atoms with van der Waals surface area (Å²) in [5.74, 6) is 0. The van der Waals surface area contributed by atoms with Gasteiger partial charge in [0.25, 0.3) is 0 Å². The maximum atomic E-state index is 9.48. The van der Waals surface area contributed by atoms with Crippen LogP contribution in [-0.2, 0) is 6.54 Å². The predicted molar refractivity (Wildman–Crippen MR) is 74.6 cm³/mol. The van der Waals surface area contributed by atoms with Gasteiger partial charge in [-0.05, 0) is 37.8 Å². The van der Waals surface area contributed by atoms with Crippen molar-refractivity contribution in [3.8, 4) is 0 Å². The highest BCUT2D eigenvalue weighted by Crippen LogP contribution is 2.18. The number of aliphatic hydroxyl groups is 1. The van der Waals surface area contributed by atoms with Crippen molar-refractivity contribution in [2.45, 2.75) is 44.4 Å². The van der Waals surface area contributed by atoms with Gasteiger partial charge in [-0.1, -0.05) is 12.1 Å². The van der Waals surface area contributed by atoms with E-state index in [1.807, 2.05) is 30.5 Å². The van der Waals surface area contributed by atoms with Gasteiger partial charge < -0.3 is 10.4 Å². The number of para-hydroxylation sites is 2. The quantitative estimate of drug-likeness (QED) is 0.883. The minimum absolute atomic E-state index is 0.0986. The van der Waals surface area contributed by atoms with Gasteiger partial charge in [-0.3, -0.25) is 4.98 Å². The number of nitrogens with one attached hydrogen (secondary N) is 1. The highest BCUT2D eigenvalue weighted by Gasteiger charge is 2.18. The maximum absolute atomic E-state index is 9.48. The minimum Gasteiger partial charge on any atom is -0.393 e. The molecule has 19 heavy (non-hydrogen) atoms. The molecular weight excluding hydrogens is 238 g/mol. The van der Waals surface area contributed by atoms with Crippen LogP contribution in [0.1, 0.15) is 31.4 Å². The lowest BCUT2D eigenvalue weighted by Crippen LogP contribution is -2.34. The summed E-state index contributed by atoms with van der Waals surface area (Å²) in [7, 11) is 0. The van der Waals surface area contributed by atoms with E-state index in [2.05, 4.69) is 15.3 Å². The summed E-state index contributed by atoms with van der Waals surface area (Å²) in [6.45, 7) is 0.749. The lowest BCUT2D eigenvalue weighted by molar-refractivity contribution is 0.116. The topological polar surface area (TPSA) is 58.0 Å². The van der Waals surface area contributed by atoms with E-state index in [9.17, 15) is 5.11 Å². The molecule has 4 heteroatoms. The Bertz CT molecular complexity index is 550. The molecule has 0 unspecified atom stereocenters. The van der Waals surface area contributed by atoms with E-state index in [1.54, 1.807) is 0 Å². The lowest BCUT2D eigenvalue weighted by atomic mass is 9.93. The van der Waals surface area contributed by atoms with Crippen LogP contribution in [0.25, 0.3) is 11.0 Å². The van der Waals surface area contributed by atoms with E-state index in [1.165, 1.54) is 0 Å². The summed E-state index contributed by atoms with van der Waals surface area (Å²) in [6, 6.07) is 8.42. The average Bonchev–Trinajstić information content (AvgIpc) is 2.46. The van der Waals surface area contributed by atoms with Gasteiger partial charge in [0.1, 0.15) is 0 Å². The zero-order chi connectivity index (χ0) is 13.1. The molecule has 2 aromatic rings. The Hall–Kier alpha value is -1.52. The van der Waals surface area contributed by atoms with E-state index in [0.29, 0.717) is 6.04 Å². The molecule has 1 aromatic carbocycles. The van der Waals surface area contributed by atoms with Crippen molar-refractivity contribution < 1.29 is 5.11 Å². The normalized spacial score (nSPS) is 23.6. The molecule has 1 aromatic heterocycles. The van der Waals surface area contributed by atoms with Gasteiger partial charge >= 0.3 is 0 Å². The third-order valence-corrected chi connectivity index (χ3v) is 3.77. The molecule has 1 heterocycles. The first-order chi connectivity index (χ1) is 9.31. The van der Waals surface area contributed by atoms with Crippen LogP contribution in [0.4, 0.5) is 0 Å². The molecule has 0 atom stereocenters. The Morgan fingerprint density at radius 1 is 1.11 bits per heavy atom. The molecule has 0 radical (unpaired) electrons. The van der Waals surface area contributed by atoms with Gasteiger partial charge in [-0.25, -0.2) is 4.98 Å². The summed E-state index contributed by atoms with van der Waals surface area (Å²) in [5.41, 5.74) is 2.86. The van der Waals surface area contributed by atoms with Gasteiger partial charge in [-0.2, -0.15) is 0 Å². The summed E-state index contributed by atoms with van der Waals surface area (Å²) < 4.78 is 0. The van der Waals surface area contributed by atoms with E-state index in [0.717, 1.165) is 49.0 Å². The summed E-state index contributed by atoms with van der Waals surface area (Å²) in [4.78, 5) is 9.01. The van der Waals surface area contributed by atoms with Gasteiger partial charge in [0.2, 0.25) is 0 Å². The lowest BCUT2D eigenvalue weighted by Gasteiger charge is -2.26. The molecule has 0 spiro atoms. The number of hydrogen-bond donors (Lipinski definition) is 2. The van der Waals surface area contributed by atoms with E-state index < -0.39 is 0 Å². The molecular formula is C15H19N3O. The smallest absolute Gasteiger partial charge is 0.0890 e. The fourth-order valence-corrected chi connectivity index (χ4v) is 2.61. The fourth-order valence-electron chi connectivity index (χ4n) is 2.61. The van der Waals surface area contributed by atoms with Crippen LogP contribution >= 0.6 is 0 Å². The Kier molecular flexibility index (Phi) is 3.71. The second-order valence-electron chi connectivity index (χ2n) is 5.24.